The molecular formula is C19H24N2O6. The number of rotatable bonds is 8. The van der Waals surface area contributed by atoms with Crippen LogP contribution in [-0.4, -0.2) is 43.7 Å². The first kappa shape index (κ1) is 20.3. The van der Waals surface area contributed by atoms with E-state index in [0.717, 1.165) is 4.68 Å². The average Bonchev–Trinajstić information content (AvgIpc) is 2.68. The molecular weight excluding hydrogens is 352 g/mol. The summed E-state index contributed by atoms with van der Waals surface area (Å²) in [6.45, 7) is 3.74. The zero-order chi connectivity index (χ0) is 20.0. The quantitative estimate of drug-likeness (QED) is 0.654. The summed E-state index contributed by atoms with van der Waals surface area (Å²) in [5, 5.41) is 4.37. The second-order valence-corrected chi connectivity index (χ2v) is 5.59. The Balaban J connectivity index is 2.58. The van der Waals surface area contributed by atoms with Crippen LogP contribution in [0.15, 0.2) is 29.1 Å². The van der Waals surface area contributed by atoms with Crippen molar-refractivity contribution >= 4 is 5.97 Å². The van der Waals surface area contributed by atoms with E-state index in [9.17, 15) is 9.59 Å². The van der Waals surface area contributed by atoms with E-state index in [1.165, 1.54) is 27.4 Å². The molecule has 0 aliphatic heterocycles. The Hall–Kier alpha value is -3.03. The Bertz CT molecular complexity index is 837. The molecule has 2 rings (SSSR count). The third-order valence-corrected chi connectivity index (χ3v) is 4.03. The molecule has 0 spiro atoms. The number of carbonyl (C=O) groups excluding carboxylic acids is 1. The van der Waals surface area contributed by atoms with Gasteiger partial charge in [0.1, 0.15) is 0 Å². The van der Waals surface area contributed by atoms with E-state index in [0.29, 0.717) is 34.9 Å². The lowest BCUT2D eigenvalue weighted by atomic mass is 10.1. The van der Waals surface area contributed by atoms with Crippen LogP contribution < -0.4 is 19.8 Å². The lowest BCUT2D eigenvalue weighted by Gasteiger charge is -2.17. The van der Waals surface area contributed by atoms with Crippen molar-refractivity contribution in [1.29, 1.82) is 0 Å². The third kappa shape index (κ3) is 4.21. The van der Waals surface area contributed by atoms with Crippen LogP contribution in [-0.2, 0) is 9.53 Å². The molecule has 27 heavy (non-hydrogen) atoms. The molecule has 0 saturated carbocycles. The van der Waals surface area contributed by atoms with Gasteiger partial charge in [-0.2, -0.15) is 5.10 Å². The van der Waals surface area contributed by atoms with Crippen molar-refractivity contribution in [2.75, 3.05) is 27.9 Å². The second-order valence-electron chi connectivity index (χ2n) is 5.59. The predicted octanol–water partition coefficient (Wildman–Crippen LogP) is 2.45. The van der Waals surface area contributed by atoms with E-state index < -0.39 is 12.0 Å². The summed E-state index contributed by atoms with van der Waals surface area (Å²) in [6, 6.07) is 5.61. The molecule has 0 aliphatic carbocycles. The molecule has 8 heteroatoms. The highest BCUT2D eigenvalue weighted by Gasteiger charge is 2.23. The molecule has 2 aromatic rings. The smallest absolute Gasteiger partial charge is 0.331 e. The SMILES string of the molecule is CCOC(=O)[C@@H](CC)n1nc(-c2cc(OC)c(OC)c(OC)c2)ccc1=O. The van der Waals surface area contributed by atoms with E-state index in [1.807, 2.05) is 0 Å². The van der Waals surface area contributed by atoms with E-state index in [-0.39, 0.29) is 12.2 Å². The summed E-state index contributed by atoms with van der Waals surface area (Å²) in [6.07, 6.45) is 0.379. The zero-order valence-corrected chi connectivity index (χ0v) is 16.1. The highest BCUT2D eigenvalue weighted by Crippen LogP contribution is 2.40. The maximum absolute atomic E-state index is 12.3. The van der Waals surface area contributed by atoms with Crippen LogP contribution in [0.25, 0.3) is 11.3 Å². The molecule has 8 nitrogen and oxygen atoms in total. The van der Waals surface area contributed by atoms with Crippen molar-refractivity contribution in [2.45, 2.75) is 26.3 Å². The molecule has 0 fully saturated rings. The van der Waals surface area contributed by atoms with Gasteiger partial charge < -0.3 is 18.9 Å². The van der Waals surface area contributed by atoms with Crippen LogP contribution in [0.1, 0.15) is 26.3 Å². The van der Waals surface area contributed by atoms with Gasteiger partial charge in [0.25, 0.3) is 5.56 Å². The average molecular weight is 376 g/mol. The highest BCUT2D eigenvalue weighted by molar-refractivity contribution is 5.74. The molecule has 0 unspecified atom stereocenters. The molecule has 0 bridgehead atoms. The number of aromatic nitrogens is 2. The Morgan fingerprint density at radius 1 is 1.07 bits per heavy atom. The molecule has 0 aliphatic rings. The number of hydrogen-bond donors (Lipinski definition) is 0. The summed E-state index contributed by atoms with van der Waals surface area (Å²) in [5.41, 5.74) is 0.750. The van der Waals surface area contributed by atoms with Crippen molar-refractivity contribution in [1.82, 2.24) is 9.78 Å². The van der Waals surface area contributed by atoms with Crippen molar-refractivity contribution in [3.63, 3.8) is 0 Å². The summed E-state index contributed by atoms with van der Waals surface area (Å²) in [5.74, 6) is 0.888. The minimum absolute atomic E-state index is 0.233. The minimum Gasteiger partial charge on any atom is -0.493 e. The fourth-order valence-corrected chi connectivity index (χ4v) is 2.71. The van der Waals surface area contributed by atoms with Gasteiger partial charge in [-0.15, -0.1) is 0 Å². The van der Waals surface area contributed by atoms with Gasteiger partial charge in [0.15, 0.2) is 17.5 Å². The van der Waals surface area contributed by atoms with Crippen LogP contribution in [0.5, 0.6) is 17.2 Å². The lowest BCUT2D eigenvalue weighted by molar-refractivity contribution is -0.147. The number of esters is 1. The fraction of sp³-hybridized carbons (Fsp3) is 0.421. The van der Waals surface area contributed by atoms with Gasteiger partial charge in [-0.1, -0.05) is 6.92 Å². The van der Waals surface area contributed by atoms with Gasteiger partial charge in [0, 0.05) is 11.6 Å². The van der Waals surface area contributed by atoms with Gasteiger partial charge in [0.05, 0.1) is 33.6 Å². The van der Waals surface area contributed by atoms with Crippen molar-refractivity contribution in [3.8, 4) is 28.5 Å². The van der Waals surface area contributed by atoms with Gasteiger partial charge in [-0.05, 0) is 31.5 Å². The predicted molar refractivity (Wildman–Crippen MR) is 99.6 cm³/mol. The molecule has 1 heterocycles. The number of ether oxygens (including phenoxy) is 4. The summed E-state index contributed by atoms with van der Waals surface area (Å²) in [7, 11) is 4.55. The normalized spacial score (nSPS) is 11.6. The van der Waals surface area contributed by atoms with Gasteiger partial charge in [-0.25, -0.2) is 9.48 Å². The van der Waals surface area contributed by atoms with Crippen molar-refractivity contribution in [2.24, 2.45) is 0 Å². The first-order chi connectivity index (χ1) is 13.0. The van der Waals surface area contributed by atoms with E-state index in [1.54, 1.807) is 32.0 Å². The van der Waals surface area contributed by atoms with E-state index in [4.69, 9.17) is 18.9 Å². The van der Waals surface area contributed by atoms with Crippen LogP contribution in [0.3, 0.4) is 0 Å². The molecule has 0 N–H and O–H groups in total. The Labute approximate surface area is 157 Å². The first-order valence-corrected chi connectivity index (χ1v) is 8.57. The molecule has 146 valence electrons. The Kier molecular flexibility index (Phi) is 6.81. The number of hydrogen-bond acceptors (Lipinski definition) is 7. The number of carbonyl (C=O) groups is 1. The van der Waals surface area contributed by atoms with E-state index >= 15 is 0 Å². The lowest BCUT2D eigenvalue weighted by Crippen LogP contribution is -2.32. The maximum Gasteiger partial charge on any atom is 0.331 e. The van der Waals surface area contributed by atoms with Crippen molar-refractivity contribution in [3.05, 3.63) is 34.6 Å². The number of methoxy groups -OCH3 is 3. The highest BCUT2D eigenvalue weighted by atomic mass is 16.5. The largest absolute Gasteiger partial charge is 0.493 e. The van der Waals surface area contributed by atoms with Gasteiger partial charge in [-0.3, -0.25) is 4.79 Å². The number of nitrogens with zero attached hydrogens (tertiary/aromatic N) is 2. The maximum atomic E-state index is 12.3. The van der Waals surface area contributed by atoms with Gasteiger partial charge >= 0.3 is 5.97 Å². The molecule has 1 aromatic heterocycles. The third-order valence-electron chi connectivity index (χ3n) is 4.03. The Morgan fingerprint density at radius 3 is 2.19 bits per heavy atom. The Morgan fingerprint density at radius 2 is 1.70 bits per heavy atom. The van der Waals surface area contributed by atoms with Gasteiger partial charge in [0.2, 0.25) is 5.75 Å². The van der Waals surface area contributed by atoms with Crippen LogP contribution >= 0.6 is 0 Å². The minimum atomic E-state index is -0.792. The monoisotopic (exact) mass is 376 g/mol. The molecule has 0 saturated heterocycles. The molecule has 1 atom stereocenters. The summed E-state index contributed by atoms with van der Waals surface area (Å²) >= 11 is 0. The van der Waals surface area contributed by atoms with E-state index in [2.05, 4.69) is 5.10 Å². The van der Waals surface area contributed by atoms with Crippen LogP contribution in [0, 0.1) is 0 Å². The summed E-state index contributed by atoms with van der Waals surface area (Å²) < 4.78 is 22.2. The summed E-state index contributed by atoms with van der Waals surface area (Å²) in [4.78, 5) is 24.5. The van der Waals surface area contributed by atoms with Crippen molar-refractivity contribution < 1.29 is 23.7 Å². The standard InChI is InChI=1S/C19H24N2O6/c1-6-14(19(23)27-7-2)21-17(22)9-8-13(20-21)12-10-15(24-3)18(26-5)16(11-12)25-4/h8-11,14H,6-7H2,1-5H3/t14-/m1/s1. The van der Waals surface area contributed by atoms with Crippen LogP contribution in [0.2, 0.25) is 0 Å². The fourth-order valence-electron chi connectivity index (χ4n) is 2.71. The second kappa shape index (κ2) is 9.07. The molecule has 0 radical (unpaired) electrons. The first-order valence-electron chi connectivity index (χ1n) is 8.57. The molecule has 1 aromatic carbocycles. The molecule has 0 amide bonds. The zero-order valence-electron chi connectivity index (χ0n) is 16.1. The topological polar surface area (TPSA) is 88.9 Å². The van der Waals surface area contributed by atoms with Crippen LogP contribution in [0.4, 0.5) is 0 Å². The number of benzene rings is 1.